The number of carbonyl (C=O) groups excluding carboxylic acids is 1. The molecule has 0 aliphatic heterocycles. The molecule has 1 unspecified atom stereocenters. The van der Waals surface area contributed by atoms with Crippen molar-refractivity contribution in [3.05, 3.63) is 62.1 Å². The van der Waals surface area contributed by atoms with Gasteiger partial charge in [-0.2, -0.15) is 0 Å². The molecule has 1 atom stereocenters. The molecule has 2 rings (SSSR count). The first kappa shape index (κ1) is 15.1. The largest absolute Gasteiger partial charge is 0.344 e. The Bertz CT molecular complexity index is 658. The van der Waals surface area contributed by atoms with Crippen molar-refractivity contribution in [1.82, 2.24) is 5.32 Å². The number of halogens is 1. The zero-order valence-corrected chi connectivity index (χ0v) is 12.0. The van der Waals surface area contributed by atoms with Gasteiger partial charge in [0.1, 0.15) is 5.82 Å². The molecule has 1 heterocycles. The highest BCUT2D eigenvalue weighted by Crippen LogP contribution is 2.23. The van der Waals surface area contributed by atoms with Crippen LogP contribution >= 0.6 is 11.3 Å². The first-order valence-corrected chi connectivity index (χ1v) is 7.19. The third-order valence-electron chi connectivity index (χ3n) is 3.01. The first-order valence-electron chi connectivity index (χ1n) is 6.31. The van der Waals surface area contributed by atoms with Gasteiger partial charge in [0.05, 0.1) is 16.5 Å². The molecule has 0 bridgehead atoms. The minimum absolute atomic E-state index is 0.240. The van der Waals surface area contributed by atoms with E-state index >= 15 is 0 Å². The molecular weight excluding hydrogens is 295 g/mol. The lowest BCUT2D eigenvalue weighted by Gasteiger charge is -2.15. The standard InChI is InChI=1S/C14H13FN2O3S/c1-2-12(13-4-3-7-21-13)16-14(18)10-8-9(17(19)20)5-6-11(10)15/h3-8,12H,2H2,1H3,(H,16,18). The monoisotopic (exact) mass is 308 g/mol. The van der Waals surface area contributed by atoms with Crippen molar-refractivity contribution in [1.29, 1.82) is 0 Å². The molecule has 1 aromatic heterocycles. The molecule has 0 aliphatic rings. The Morgan fingerprint density at radius 3 is 2.81 bits per heavy atom. The lowest BCUT2D eigenvalue weighted by molar-refractivity contribution is -0.384. The zero-order chi connectivity index (χ0) is 15.4. The van der Waals surface area contributed by atoms with Crippen LogP contribution in [0.15, 0.2) is 35.7 Å². The Balaban J connectivity index is 2.23. The van der Waals surface area contributed by atoms with Crippen molar-refractivity contribution in [3.63, 3.8) is 0 Å². The summed E-state index contributed by atoms with van der Waals surface area (Å²) in [4.78, 5) is 23.1. The van der Waals surface area contributed by atoms with Gasteiger partial charge in [-0.05, 0) is 23.9 Å². The van der Waals surface area contributed by atoms with Crippen LogP contribution in [-0.4, -0.2) is 10.8 Å². The molecule has 1 aromatic carbocycles. The summed E-state index contributed by atoms with van der Waals surface area (Å²) in [5, 5.41) is 15.3. The topological polar surface area (TPSA) is 72.2 Å². The fraction of sp³-hybridized carbons (Fsp3) is 0.214. The van der Waals surface area contributed by atoms with E-state index in [1.807, 2.05) is 24.4 Å². The summed E-state index contributed by atoms with van der Waals surface area (Å²) < 4.78 is 13.7. The first-order chi connectivity index (χ1) is 10.0. The molecule has 0 spiro atoms. The Kier molecular flexibility index (Phi) is 4.64. The van der Waals surface area contributed by atoms with Crippen molar-refractivity contribution in [2.24, 2.45) is 0 Å². The average Bonchev–Trinajstić information content (AvgIpc) is 2.98. The highest BCUT2D eigenvalue weighted by molar-refractivity contribution is 7.10. The van der Waals surface area contributed by atoms with Crippen molar-refractivity contribution in [3.8, 4) is 0 Å². The van der Waals surface area contributed by atoms with E-state index in [1.165, 1.54) is 11.3 Å². The third kappa shape index (κ3) is 3.43. The normalized spacial score (nSPS) is 11.9. The van der Waals surface area contributed by atoms with Crippen molar-refractivity contribution < 1.29 is 14.1 Å². The van der Waals surface area contributed by atoms with Gasteiger partial charge >= 0.3 is 0 Å². The number of carbonyl (C=O) groups is 1. The van der Waals surface area contributed by atoms with Gasteiger partial charge in [0, 0.05) is 17.0 Å². The summed E-state index contributed by atoms with van der Waals surface area (Å²) >= 11 is 1.49. The van der Waals surface area contributed by atoms with Gasteiger partial charge in [0.25, 0.3) is 11.6 Å². The Hall–Kier alpha value is -2.28. The Morgan fingerprint density at radius 2 is 2.24 bits per heavy atom. The minimum atomic E-state index is -0.779. The quantitative estimate of drug-likeness (QED) is 0.676. The average molecular weight is 308 g/mol. The molecule has 0 saturated heterocycles. The smallest absolute Gasteiger partial charge is 0.270 e. The van der Waals surface area contributed by atoms with Crippen LogP contribution in [-0.2, 0) is 0 Å². The molecule has 7 heteroatoms. The highest BCUT2D eigenvalue weighted by Gasteiger charge is 2.20. The van der Waals surface area contributed by atoms with Crippen molar-refractivity contribution in [2.45, 2.75) is 19.4 Å². The van der Waals surface area contributed by atoms with E-state index in [2.05, 4.69) is 5.32 Å². The molecule has 2 aromatic rings. The number of nitrogens with zero attached hydrogens (tertiary/aromatic N) is 1. The van der Waals surface area contributed by atoms with E-state index in [0.29, 0.717) is 6.42 Å². The Morgan fingerprint density at radius 1 is 1.48 bits per heavy atom. The number of thiophene rings is 1. The second-order valence-corrected chi connectivity index (χ2v) is 5.35. The maximum atomic E-state index is 13.7. The van der Waals surface area contributed by atoms with Crippen LogP contribution in [0.5, 0.6) is 0 Å². The van der Waals surface area contributed by atoms with E-state index in [4.69, 9.17) is 0 Å². The number of benzene rings is 1. The lowest BCUT2D eigenvalue weighted by Crippen LogP contribution is -2.28. The van der Waals surface area contributed by atoms with Gasteiger partial charge < -0.3 is 5.32 Å². The summed E-state index contributed by atoms with van der Waals surface area (Å²) in [5.74, 6) is -1.43. The summed E-state index contributed by atoms with van der Waals surface area (Å²) in [6, 6.07) is 6.41. The second kappa shape index (κ2) is 6.45. The van der Waals surface area contributed by atoms with Crippen molar-refractivity contribution >= 4 is 22.9 Å². The Labute approximate surface area is 124 Å². The molecule has 5 nitrogen and oxygen atoms in total. The van der Waals surface area contributed by atoms with Crippen LogP contribution in [0.2, 0.25) is 0 Å². The fourth-order valence-electron chi connectivity index (χ4n) is 1.90. The van der Waals surface area contributed by atoms with E-state index < -0.39 is 16.6 Å². The predicted octanol–water partition coefficient (Wildman–Crippen LogP) is 3.68. The number of nitro groups is 1. The molecule has 1 N–H and O–H groups in total. The van der Waals surface area contributed by atoms with Crippen molar-refractivity contribution in [2.75, 3.05) is 0 Å². The second-order valence-electron chi connectivity index (χ2n) is 4.37. The SMILES string of the molecule is CCC(NC(=O)c1cc([N+](=O)[O-])ccc1F)c1cccs1. The van der Waals surface area contributed by atoms with Crippen LogP contribution in [0.3, 0.4) is 0 Å². The number of nitrogens with one attached hydrogen (secondary N) is 1. The predicted molar refractivity (Wildman–Crippen MR) is 77.9 cm³/mol. The summed E-state index contributed by atoms with van der Waals surface area (Å²) in [6.07, 6.45) is 0.642. The molecule has 21 heavy (non-hydrogen) atoms. The number of hydrogen-bond donors (Lipinski definition) is 1. The lowest BCUT2D eigenvalue weighted by atomic mass is 10.1. The highest BCUT2D eigenvalue weighted by atomic mass is 32.1. The fourth-order valence-corrected chi connectivity index (χ4v) is 2.76. The number of amides is 1. The van der Waals surface area contributed by atoms with Gasteiger partial charge in [-0.25, -0.2) is 4.39 Å². The van der Waals surface area contributed by atoms with E-state index in [-0.39, 0.29) is 17.3 Å². The number of hydrogen-bond acceptors (Lipinski definition) is 4. The van der Waals surface area contributed by atoms with Crippen LogP contribution in [0.25, 0.3) is 0 Å². The minimum Gasteiger partial charge on any atom is -0.344 e. The molecule has 0 fully saturated rings. The maximum absolute atomic E-state index is 13.7. The van der Waals surface area contributed by atoms with E-state index in [1.54, 1.807) is 0 Å². The summed E-state index contributed by atoms with van der Waals surface area (Å²) in [7, 11) is 0. The van der Waals surface area contributed by atoms with Gasteiger partial charge in [0.15, 0.2) is 0 Å². The van der Waals surface area contributed by atoms with Gasteiger partial charge in [0.2, 0.25) is 0 Å². The van der Waals surface area contributed by atoms with Crippen LogP contribution in [0, 0.1) is 15.9 Å². The molecule has 0 saturated carbocycles. The summed E-state index contributed by atoms with van der Waals surface area (Å²) in [6.45, 7) is 1.90. The number of non-ortho nitro benzene ring substituents is 1. The molecule has 0 radical (unpaired) electrons. The van der Waals surface area contributed by atoms with Gasteiger partial charge in [-0.1, -0.05) is 13.0 Å². The number of rotatable bonds is 5. The van der Waals surface area contributed by atoms with E-state index in [9.17, 15) is 19.3 Å². The molecular formula is C14H13FN2O3S. The maximum Gasteiger partial charge on any atom is 0.270 e. The molecule has 110 valence electrons. The molecule has 1 amide bonds. The van der Waals surface area contributed by atoms with Crippen LogP contribution < -0.4 is 5.32 Å². The number of nitro benzene ring substituents is 1. The third-order valence-corrected chi connectivity index (χ3v) is 3.99. The zero-order valence-electron chi connectivity index (χ0n) is 11.2. The van der Waals surface area contributed by atoms with Crippen LogP contribution in [0.1, 0.15) is 34.6 Å². The van der Waals surface area contributed by atoms with Gasteiger partial charge in [-0.3, -0.25) is 14.9 Å². The summed E-state index contributed by atoms with van der Waals surface area (Å²) in [5.41, 5.74) is -0.634. The van der Waals surface area contributed by atoms with Crippen LogP contribution in [0.4, 0.5) is 10.1 Å². The van der Waals surface area contributed by atoms with Gasteiger partial charge in [-0.15, -0.1) is 11.3 Å². The van der Waals surface area contributed by atoms with E-state index in [0.717, 1.165) is 23.1 Å². The molecule has 0 aliphatic carbocycles.